The largest absolute Gasteiger partial charge is 1.00 e. The van der Waals surface area contributed by atoms with Gasteiger partial charge in [0.1, 0.15) is 67.1 Å². The number of rotatable bonds is 12. The number of methoxy groups -OCH3 is 3. The second-order valence-corrected chi connectivity index (χ2v) is 27.9. The molecule has 3 radical (unpaired) electrons. The summed E-state index contributed by atoms with van der Waals surface area (Å²) >= 11 is 0. The number of esters is 4. The number of ether oxygens (including phenoxy) is 17. The number of aliphatic hydroxyl groups is 5. The van der Waals surface area contributed by atoms with Crippen molar-refractivity contribution in [2.75, 3.05) is 41.2 Å². The maximum atomic E-state index is 12.3. The second kappa shape index (κ2) is 38.9. The zero-order valence-electron chi connectivity index (χ0n) is 58.4. The number of aliphatic hydroxyl groups excluding tert-OH is 5. The van der Waals surface area contributed by atoms with Gasteiger partial charge in [0.2, 0.25) is 6.29 Å². The maximum absolute atomic E-state index is 12.3. The van der Waals surface area contributed by atoms with Crippen LogP contribution in [0, 0.1) is 19.8 Å². The van der Waals surface area contributed by atoms with Gasteiger partial charge in [-0.25, -0.2) is 8.42 Å². The van der Waals surface area contributed by atoms with E-state index in [1.54, 1.807) is 52.3 Å². The van der Waals surface area contributed by atoms with Gasteiger partial charge in [-0.05, 0) is 93.5 Å². The van der Waals surface area contributed by atoms with Gasteiger partial charge in [0.15, 0.2) is 48.6 Å². The number of hydrogen-bond acceptors (Lipinski definition) is 31. The van der Waals surface area contributed by atoms with E-state index < -0.39 is 135 Å². The van der Waals surface area contributed by atoms with Gasteiger partial charge in [-0.2, -0.15) is 8.42 Å². The van der Waals surface area contributed by atoms with Crippen molar-refractivity contribution in [3.05, 3.63) is 59.7 Å². The fraction of sp³-hybridized carbons (Fsp3) is 0.733. The molecule has 0 bridgehead atoms. The third-order valence-electron chi connectivity index (χ3n) is 14.6. The van der Waals surface area contributed by atoms with E-state index in [4.69, 9.17) is 111 Å². The molecule has 8 saturated heterocycles. The van der Waals surface area contributed by atoms with Crippen molar-refractivity contribution < 1.29 is 177 Å². The number of aryl methyl sites for hydroxylation is 2. The van der Waals surface area contributed by atoms with Crippen LogP contribution in [0.25, 0.3) is 0 Å². The number of carbonyl (C=O) groups is 4. The van der Waals surface area contributed by atoms with E-state index in [0.717, 1.165) is 11.1 Å². The Morgan fingerprint density at radius 1 is 0.510 bits per heavy atom. The van der Waals surface area contributed by atoms with Gasteiger partial charge in [0.25, 0.3) is 19.2 Å². The van der Waals surface area contributed by atoms with E-state index in [1.165, 1.54) is 59.1 Å². The summed E-state index contributed by atoms with van der Waals surface area (Å²) in [6.07, 6.45) is -9.84. The van der Waals surface area contributed by atoms with Crippen molar-refractivity contribution in [2.24, 2.45) is 5.92 Å². The first-order valence-electron chi connectivity index (χ1n) is 29.7. The minimum absolute atomic E-state index is 0. The van der Waals surface area contributed by atoms with Crippen LogP contribution in [-0.4, -0.2) is 250 Å². The molecule has 8 aliphatic heterocycles. The Kier molecular flexibility index (Phi) is 36.0. The summed E-state index contributed by atoms with van der Waals surface area (Å²) < 4.78 is 141. The van der Waals surface area contributed by atoms with E-state index in [2.05, 4.69) is 9.47 Å². The van der Waals surface area contributed by atoms with Crippen LogP contribution >= 0.6 is 10.7 Å². The maximum Gasteiger partial charge on any atom is 1.00 e. The molecule has 0 aliphatic carbocycles. The molecule has 0 amide bonds. The Labute approximate surface area is 590 Å². The standard InChI is InChI=1S/C16H22O7S.C10H16O5.C9H16O5.C9H16O4.C7H7ClO2S.C5H10O5.C4H6O3.B.Na.H/c1-10-5-7-11(8-6-10)24(17,18)20-9-12-13-14(15(19-4)21-12)23-16(2,3)22-13;1-5-6(2)13-10(15-8(4)12)9(5)14-7(3)11;1-9(2)13-6-5(4-10)12-8(11-3)7(6)14-9;1-5-6-7(8(10-4)11-5)13-9(2,3)12-6;1-6-2-4-7(5-3-6)11(8,9)10;6-1-2-3(7)4(8)5(9)10-2;1-3(5)7-4(2)6;;;/h5-8,12-15H,9H2,1-4H3;5-6,9-10H,1-4H3;5-8,10H,4H2,1-3H3;5-8H,1-4H3;2-5H,1H3;2-9H,1H2;1-2H3;;;/q;;;;;;;;+1;-1. The molecule has 2 aromatic carbocycles. The molecule has 0 saturated carbocycles. The van der Waals surface area contributed by atoms with Gasteiger partial charge in [-0.15, -0.1) is 0 Å². The third-order valence-corrected chi connectivity index (χ3v) is 17.3. The predicted octanol–water partition coefficient (Wildman–Crippen LogP) is -0.606. The van der Waals surface area contributed by atoms with Crippen molar-refractivity contribution in [3.8, 4) is 0 Å². The first kappa shape index (κ1) is 89.1. The minimum Gasteiger partial charge on any atom is -1.00 e. The molecule has 31 nitrogen and oxygen atoms in total. The van der Waals surface area contributed by atoms with Crippen molar-refractivity contribution in [1.82, 2.24) is 0 Å². The second-order valence-electron chi connectivity index (χ2n) is 23.7. The molecule has 543 valence electrons. The quantitative estimate of drug-likeness (QED) is 0.0442. The summed E-state index contributed by atoms with van der Waals surface area (Å²) in [5.41, 5.74) is 1.98. The van der Waals surface area contributed by atoms with Gasteiger partial charge in [-0.1, -0.05) is 42.3 Å². The number of benzene rings is 2. The fourth-order valence-corrected chi connectivity index (χ4v) is 11.8. The predicted molar refractivity (Wildman–Crippen MR) is 330 cm³/mol. The summed E-state index contributed by atoms with van der Waals surface area (Å²) in [4.78, 5) is 41.5. The third kappa shape index (κ3) is 26.4. The summed E-state index contributed by atoms with van der Waals surface area (Å²) in [6, 6.07) is 12.8. The van der Waals surface area contributed by atoms with Crippen molar-refractivity contribution in [3.63, 3.8) is 0 Å². The van der Waals surface area contributed by atoms with Crippen molar-refractivity contribution in [1.29, 1.82) is 0 Å². The van der Waals surface area contributed by atoms with Crippen LogP contribution in [0.5, 0.6) is 0 Å². The zero-order chi connectivity index (χ0) is 71.2. The molecule has 8 aliphatic rings. The van der Waals surface area contributed by atoms with E-state index in [9.17, 15) is 36.0 Å². The molecule has 5 N–H and O–H groups in total. The van der Waals surface area contributed by atoms with E-state index >= 15 is 0 Å². The molecule has 0 aromatic heterocycles. The number of carbonyl (C=O) groups excluding carboxylic acids is 4. The van der Waals surface area contributed by atoms with Crippen LogP contribution in [0.3, 0.4) is 0 Å². The zero-order valence-corrected chi connectivity index (χ0v) is 61.8. The van der Waals surface area contributed by atoms with E-state index in [1.807, 2.05) is 62.3 Å². The number of halogens is 1. The van der Waals surface area contributed by atoms with Crippen LogP contribution in [0.1, 0.15) is 103 Å². The summed E-state index contributed by atoms with van der Waals surface area (Å²) in [7, 11) is 2.35. The Hall–Kier alpha value is -3.03. The molecule has 36 heteroatoms. The monoisotopic (exact) mass is 1440 g/mol. The Bertz CT molecular complexity index is 2950. The fourth-order valence-electron chi connectivity index (χ4n) is 10.1. The van der Waals surface area contributed by atoms with Crippen molar-refractivity contribution in [2.45, 2.75) is 248 Å². The first-order chi connectivity index (χ1) is 43.5. The summed E-state index contributed by atoms with van der Waals surface area (Å²) in [5.74, 6) is -3.87. The molecular weight excluding hydrogens is 1350 g/mol. The molecule has 20 unspecified atom stereocenters. The van der Waals surface area contributed by atoms with E-state index in [0.29, 0.717) is 0 Å². The molecule has 2 aromatic rings. The van der Waals surface area contributed by atoms with Crippen LogP contribution in [0.15, 0.2) is 58.3 Å². The van der Waals surface area contributed by atoms with Gasteiger partial charge >= 0.3 is 53.4 Å². The van der Waals surface area contributed by atoms with Gasteiger partial charge in [0.05, 0.1) is 41.8 Å². The average molecular weight is 1440 g/mol. The van der Waals surface area contributed by atoms with Crippen LogP contribution < -0.4 is 29.6 Å². The Balaban J connectivity index is 0.000000580. The normalized spacial score (nSPS) is 33.5. The van der Waals surface area contributed by atoms with Crippen LogP contribution in [0.2, 0.25) is 0 Å². The molecule has 8 fully saturated rings. The molecule has 96 heavy (non-hydrogen) atoms. The minimum atomic E-state index is -3.86. The van der Waals surface area contributed by atoms with Gasteiger partial charge < -0.3 is 107 Å². The summed E-state index contributed by atoms with van der Waals surface area (Å²) in [6.45, 7) is 24.9. The molecule has 10 rings (SSSR count). The van der Waals surface area contributed by atoms with Crippen LogP contribution in [-0.2, 0) is 123 Å². The van der Waals surface area contributed by atoms with Gasteiger partial charge in [0, 0.05) is 74.0 Å². The Morgan fingerprint density at radius 3 is 1.25 bits per heavy atom. The van der Waals surface area contributed by atoms with E-state index in [-0.39, 0.29) is 117 Å². The Morgan fingerprint density at radius 2 is 0.885 bits per heavy atom. The SMILES string of the molecule is CC(=O)OC(C)=O.CC(=O)OC1OC(C)C(C)C1OC(C)=O.COC1OC(C)C2OC(C)(C)OC12.COC1OC(CO)C2OC(C)(C)OC12.COC1OC(COS(=O)(=O)c2ccc(C)cc2)C2OC(C)(C)OC12.Cc1ccc(S(=O)(=O)Cl)cc1.OCC1OC(O)C(O)C1O.[B].[H-].[Na+]. The average Bonchev–Trinajstić information content (AvgIpc) is 1.65. The summed E-state index contributed by atoms with van der Waals surface area (Å²) in [5, 5.41) is 44.0. The topological polar surface area (TPSA) is 404 Å². The molecular formula is C60H94BClNaO31S2. The number of fused-ring (bicyclic) bond motifs is 3. The van der Waals surface area contributed by atoms with Gasteiger partial charge in [-0.3, -0.25) is 23.4 Å². The smallest absolute Gasteiger partial charge is 1.00 e. The van der Waals surface area contributed by atoms with Crippen LogP contribution in [0.4, 0.5) is 0 Å². The molecule has 20 atom stereocenters. The van der Waals surface area contributed by atoms with Crippen molar-refractivity contribution >= 4 is 62.1 Å². The number of hydrogen-bond donors (Lipinski definition) is 5. The molecule has 8 heterocycles. The first-order valence-corrected chi connectivity index (χ1v) is 33.4. The molecule has 0 spiro atoms.